The zero-order chi connectivity index (χ0) is 11.4. The number of hydrogen-bond acceptors (Lipinski definition) is 2. The minimum Gasteiger partial charge on any atom is -0.271 e. The van der Waals surface area contributed by atoms with Crippen molar-refractivity contribution in [2.45, 2.75) is 38.1 Å². The lowest BCUT2D eigenvalue weighted by atomic mass is 9.72. The minimum absolute atomic E-state index is 0.357. The maximum Gasteiger partial charge on any atom is 0.0291 e. The smallest absolute Gasteiger partial charge is 0.0291 e. The monoisotopic (exact) mass is 214 g/mol. The molecule has 2 heteroatoms. The summed E-state index contributed by atoms with van der Waals surface area (Å²) in [6.45, 7) is 1.88. The highest BCUT2D eigenvalue weighted by Gasteiger charge is 2.31. The number of nitrogens with one attached hydrogen (secondary N) is 1. The molecule has 2 rings (SSSR count). The highest BCUT2D eigenvalue weighted by Crippen LogP contribution is 2.38. The number of nitrogens with two attached hydrogens (primary N) is 1. The van der Waals surface area contributed by atoms with Crippen molar-refractivity contribution in [3.8, 4) is 11.8 Å². The molecule has 0 fully saturated rings. The van der Waals surface area contributed by atoms with Crippen molar-refractivity contribution in [2.24, 2.45) is 5.84 Å². The summed E-state index contributed by atoms with van der Waals surface area (Å²) in [5, 5.41) is 0. The van der Waals surface area contributed by atoms with Crippen LogP contribution in [0, 0.1) is 11.8 Å². The van der Waals surface area contributed by atoms with E-state index in [4.69, 9.17) is 5.84 Å². The molecule has 3 N–H and O–H groups in total. The Bertz CT molecular complexity index is 414. The maximum atomic E-state index is 5.62. The summed E-state index contributed by atoms with van der Waals surface area (Å²) in [6.07, 6.45) is 3.09. The Hall–Kier alpha value is -1.30. The number of benzene rings is 1. The lowest BCUT2D eigenvalue weighted by molar-refractivity contribution is 0.389. The Labute approximate surface area is 97.2 Å². The molecule has 0 aromatic heterocycles. The Balaban J connectivity index is 1.99. The molecule has 0 spiro atoms. The fourth-order valence-corrected chi connectivity index (χ4v) is 2.41. The second kappa shape index (κ2) is 5.16. The molecule has 1 aromatic carbocycles. The first-order valence-electron chi connectivity index (χ1n) is 5.80. The summed E-state index contributed by atoms with van der Waals surface area (Å²) >= 11 is 0. The van der Waals surface area contributed by atoms with Crippen LogP contribution in [0.15, 0.2) is 24.3 Å². The fourth-order valence-electron chi connectivity index (χ4n) is 2.41. The number of rotatable bonds is 4. The third kappa shape index (κ3) is 2.11. The summed E-state index contributed by atoms with van der Waals surface area (Å²) in [5.41, 5.74) is 5.86. The zero-order valence-electron chi connectivity index (χ0n) is 9.66. The first-order valence-corrected chi connectivity index (χ1v) is 5.80. The van der Waals surface area contributed by atoms with Gasteiger partial charge >= 0.3 is 0 Å². The SMILES string of the molecule is CC#CCCC(NN)C1Cc2ccccc21. The molecule has 1 aromatic rings. The van der Waals surface area contributed by atoms with E-state index in [1.54, 1.807) is 0 Å². The van der Waals surface area contributed by atoms with E-state index < -0.39 is 0 Å². The molecule has 2 nitrogen and oxygen atoms in total. The molecule has 84 valence electrons. The topological polar surface area (TPSA) is 38.0 Å². The van der Waals surface area contributed by atoms with Crippen molar-refractivity contribution in [3.63, 3.8) is 0 Å². The molecule has 0 radical (unpaired) electrons. The average molecular weight is 214 g/mol. The van der Waals surface area contributed by atoms with Crippen LogP contribution in [0.2, 0.25) is 0 Å². The van der Waals surface area contributed by atoms with Gasteiger partial charge in [-0.2, -0.15) is 0 Å². The molecule has 0 saturated carbocycles. The quantitative estimate of drug-likeness (QED) is 0.457. The van der Waals surface area contributed by atoms with Crippen LogP contribution in [0.1, 0.15) is 36.8 Å². The molecule has 2 unspecified atom stereocenters. The van der Waals surface area contributed by atoms with Gasteiger partial charge in [0.25, 0.3) is 0 Å². The van der Waals surface area contributed by atoms with Gasteiger partial charge < -0.3 is 0 Å². The number of hydrazine groups is 1. The van der Waals surface area contributed by atoms with E-state index in [0.29, 0.717) is 12.0 Å². The highest BCUT2D eigenvalue weighted by molar-refractivity contribution is 5.41. The van der Waals surface area contributed by atoms with Gasteiger partial charge in [-0.15, -0.1) is 11.8 Å². The van der Waals surface area contributed by atoms with Gasteiger partial charge in [-0.25, -0.2) is 0 Å². The van der Waals surface area contributed by atoms with Crippen molar-refractivity contribution < 1.29 is 0 Å². The number of hydrogen-bond donors (Lipinski definition) is 2. The molecule has 2 atom stereocenters. The molecule has 1 aliphatic carbocycles. The van der Waals surface area contributed by atoms with Crippen LogP contribution in [0.4, 0.5) is 0 Å². The predicted molar refractivity (Wildman–Crippen MR) is 66.7 cm³/mol. The molecule has 16 heavy (non-hydrogen) atoms. The van der Waals surface area contributed by atoms with Crippen LogP contribution in [0.3, 0.4) is 0 Å². The molecular weight excluding hydrogens is 196 g/mol. The lowest BCUT2D eigenvalue weighted by Crippen LogP contribution is -2.43. The normalized spacial score (nSPS) is 19.0. The van der Waals surface area contributed by atoms with Gasteiger partial charge in [0, 0.05) is 18.4 Å². The Morgan fingerprint density at radius 2 is 2.31 bits per heavy atom. The van der Waals surface area contributed by atoms with E-state index in [1.807, 2.05) is 6.92 Å². The van der Waals surface area contributed by atoms with Gasteiger partial charge in [-0.1, -0.05) is 24.3 Å². The second-order valence-electron chi connectivity index (χ2n) is 4.25. The standard InChI is InChI=1S/C14H18N2/c1-2-3-4-9-14(16-15)13-10-11-7-5-6-8-12(11)13/h5-8,13-14,16H,4,9-10,15H2,1H3. The molecule has 1 aliphatic rings. The van der Waals surface area contributed by atoms with Crippen molar-refractivity contribution in [1.29, 1.82) is 0 Å². The first-order chi connectivity index (χ1) is 7.86. The zero-order valence-corrected chi connectivity index (χ0v) is 9.66. The van der Waals surface area contributed by atoms with Crippen LogP contribution in [-0.4, -0.2) is 6.04 Å². The lowest BCUT2D eigenvalue weighted by Gasteiger charge is -2.36. The molecule has 0 amide bonds. The molecular formula is C14H18N2. The molecule has 0 bridgehead atoms. The average Bonchev–Trinajstić information content (AvgIpc) is 2.29. The summed E-state index contributed by atoms with van der Waals surface area (Å²) in [5.74, 6) is 12.2. The van der Waals surface area contributed by atoms with Crippen LogP contribution in [0.25, 0.3) is 0 Å². The highest BCUT2D eigenvalue weighted by atomic mass is 15.2. The van der Waals surface area contributed by atoms with Gasteiger partial charge in [-0.3, -0.25) is 11.3 Å². The fraction of sp³-hybridized carbons (Fsp3) is 0.429. The van der Waals surface area contributed by atoms with Gasteiger partial charge in [0.2, 0.25) is 0 Å². The number of fused-ring (bicyclic) bond motifs is 1. The second-order valence-corrected chi connectivity index (χ2v) is 4.25. The Morgan fingerprint density at radius 3 is 3.00 bits per heavy atom. The van der Waals surface area contributed by atoms with Crippen molar-refractivity contribution >= 4 is 0 Å². The van der Waals surface area contributed by atoms with Gasteiger partial charge in [0.05, 0.1) is 0 Å². The van der Waals surface area contributed by atoms with Crippen LogP contribution in [-0.2, 0) is 6.42 Å². The van der Waals surface area contributed by atoms with E-state index in [1.165, 1.54) is 11.1 Å². The molecule has 0 saturated heterocycles. The van der Waals surface area contributed by atoms with Crippen molar-refractivity contribution in [3.05, 3.63) is 35.4 Å². The van der Waals surface area contributed by atoms with Crippen LogP contribution in [0.5, 0.6) is 0 Å². The van der Waals surface area contributed by atoms with E-state index in [2.05, 4.69) is 41.5 Å². The summed E-state index contributed by atoms with van der Waals surface area (Å²) in [4.78, 5) is 0. The van der Waals surface area contributed by atoms with E-state index in [9.17, 15) is 0 Å². The minimum atomic E-state index is 0.357. The van der Waals surface area contributed by atoms with Crippen molar-refractivity contribution in [1.82, 2.24) is 5.43 Å². The summed E-state index contributed by atoms with van der Waals surface area (Å²) < 4.78 is 0. The van der Waals surface area contributed by atoms with E-state index >= 15 is 0 Å². The van der Waals surface area contributed by atoms with Crippen LogP contribution < -0.4 is 11.3 Å². The van der Waals surface area contributed by atoms with Gasteiger partial charge in [0.1, 0.15) is 0 Å². The third-order valence-electron chi connectivity index (χ3n) is 3.35. The molecule has 0 heterocycles. The van der Waals surface area contributed by atoms with Crippen molar-refractivity contribution in [2.75, 3.05) is 0 Å². The molecule has 0 aliphatic heterocycles. The first kappa shape index (κ1) is 11.2. The summed E-state index contributed by atoms with van der Waals surface area (Å²) in [6, 6.07) is 8.97. The third-order valence-corrected chi connectivity index (χ3v) is 3.35. The van der Waals surface area contributed by atoms with Gasteiger partial charge in [-0.05, 0) is 30.9 Å². The predicted octanol–water partition coefficient (Wildman–Crippen LogP) is 1.96. The maximum absolute atomic E-state index is 5.62. The van der Waals surface area contributed by atoms with Crippen LogP contribution >= 0.6 is 0 Å². The van der Waals surface area contributed by atoms with E-state index in [-0.39, 0.29) is 0 Å². The van der Waals surface area contributed by atoms with E-state index in [0.717, 1.165) is 19.3 Å². The summed E-state index contributed by atoms with van der Waals surface area (Å²) in [7, 11) is 0. The van der Waals surface area contributed by atoms with Gasteiger partial charge in [0.15, 0.2) is 0 Å². The Morgan fingerprint density at radius 1 is 1.50 bits per heavy atom. The Kier molecular flexibility index (Phi) is 3.61. The largest absolute Gasteiger partial charge is 0.271 e.